The predicted octanol–water partition coefficient (Wildman–Crippen LogP) is 2.26. The number of carbonyl (C=O) groups excluding carboxylic acids is 1. The first-order valence-electron chi connectivity index (χ1n) is 5.32. The molecule has 0 aliphatic heterocycles. The summed E-state index contributed by atoms with van der Waals surface area (Å²) in [6.07, 6.45) is 0.809. The number of carbonyl (C=O) groups is 1. The number of nitrogens with two attached hydrogens (primary N) is 1. The van der Waals surface area contributed by atoms with E-state index in [2.05, 4.69) is 5.32 Å². The fourth-order valence-electron chi connectivity index (χ4n) is 1.25. The monoisotopic (exact) mass is 222 g/mol. The van der Waals surface area contributed by atoms with Crippen LogP contribution < -0.4 is 15.8 Å². The van der Waals surface area contributed by atoms with Gasteiger partial charge in [-0.2, -0.15) is 0 Å². The third-order valence-electron chi connectivity index (χ3n) is 2.54. The van der Waals surface area contributed by atoms with Crippen molar-refractivity contribution < 1.29 is 9.53 Å². The largest absolute Gasteiger partial charge is 0.494 e. The molecule has 1 aromatic carbocycles. The molecule has 1 aromatic rings. The molecular formula is C12H18N2O2. The zero-order valence-electron chi connectivity index (χ0n) is 9.91. The lowest BCUT2D eigenvalue weighted by Crippen LogP contribution is -2.20. The van der Waals surface area contributed by atoms with Crippen LogP contribution in [0.1, 0.15) is 20.3 Å². The van der Waals surface area contributed by atoms with E-state index < -0.39 is 0 Å². The number of rotatable bonds is 4. The number of benzene rings is 1. The molecule has 16 heavy (non-hydrogen) atoms. The van der Waals surface area contributed by atoms with Crippen LogP contribution >= 0.6 is 0 Å². The first-order chi connectivity index (χ1) is 7.58. The topological polar surface area (TPSA) is 64.4 Å². The van der Waals surface area contributed by atoms with Crippen LogP contribution in [0.15, 0.2) is 18.2 Å². The number of methoxy groups -OCH3 is 1. The normalized spacial score (nSPS) is 11.9. The van der Waals surface area contributed by atoms with Crippen LogP contribution in [0.25, 0.3) is 0 Å². The van der Waals surface area contributed by atoms with Crippen molar-refractivity contribution in [3.05, 3.63) is 18.2 Å². The molecular weight excluding hydrogens is 204 g/mol. The minimum atomic E-state index is -0.0118. The van der Waals surface area contributed by atoms with Gasteiger partial charge in [0, 0.05) is 17.7 Å². The fraction of sp³-hybridized carbons (Fsp3) is 0.417. The second-order valence-corrected chi connectivity index (χ2v) is 3.76. The molecule has 0 aliphatic carbocycles. The van der Waals surface area contributed by atoms with E-state index in [0.29, 0.717) is 17.1 Å². The quantitative estimate of drug-likeness (QED) is 0.768. The van der Waals surface area contributed by atoms with Crippen molar-refractivity contribution in [2.24, 2.45) is 5.92 Å². The maximum atomic E-state index is 11.7. The summed E-state index contributed by atoms with van der Waals surface area (Å²) in [5.41, 5.74) is 6.89. The van der Waals surface area contributed by atoms with Crippen LogP contribution in [0.5, 0.6) is 5.75 Å². The molecule has 88 valence electrons. The molecule has 4 heteroatoms. The van der Waals surface area contributed by atoms with Gasteiger partial charge in [0.15, 0.2) is 0 Å². The van der Waals surface area contributed by atoms with Crippen molar-refractivity contribution in [1.82, 2.24) is 0 Å². The Morgan fingerprint density at radius 3 is 2.81 bits per heavy atom. The van der Waals surface area contributed by atoms with Crippen molar-refractivity contribution in [3.8, 4) is 5.75 Å². The van der Waals surface area contributed by atoms with Crippen molar-refractivity contribution in [2.75, 3.05) is 18.2 Å². The third kappa shape index (κ3) is 2.89. The summed E-state index contributed by atoms with van der Waals surface area (Å²) in [6.45, 7) is 3.86. The molecule has 0 aliphatic rings. The Hall–Kier alpha value is -1.71. The Labute approximate surface area is 95.8 Å². The number of hydrogen-bond acceptors (Lipinski definition) is 3. The van der Waals surface area contributed by atoms with Gasteiger partial charge in [-0.3, -0.25) is 4.79 Å². The van der Waals surface area contributed by atoms with Gasteiger partial charge in [0.25, 0.3) is 0 Å². The standard InChI is InChI=1S/C12H18N2O2/c1-4-8(2)12(15)14-10-6-5-9(13)7-11(10)16-3/h5-8H,4,13H2,1-3H3,(H,14,15)/t8-/m1/s1. The highest BCUT2D eigenvalue weighted by Crippen LogP contribution is 2.27. The Bertz CT molecular complexity index is 377. The summed E-state index contributed by atoms with van der Waals surface area (Å²) in [4.78, 5) is 11.7. The van der Waals surface area contributed by atoms with E-state index in [-0.39, 0.29) is 11.8 Å². The molecule has 0 radical (unpaired) electrons. The van der Waals surface area contributed by atoms with E-state index in [1.165, 1.54) is 0 Å². The van der Waals surface area contributed by atoms with Gasteiger partial charge < -0.3 is 15.8 Å². The lowest BCUT2D eigenvalue weighted by atomic mass is 10.1. The lowest BCUT2D eigenvalue weighted by Gasteiger charge is -2.13. The summed E-state index contributed by atoms with van der Waals surface area (Å²) in [7, 11) is 1.55. The molecule has 0 bridgehead atoms. The molecule has 0 fully saturated rings. The van der Waals surface area contributed by atoms with E-state index in [4.69, 9.17) is 10.5 Å². The molecule has 1 amide bonds. The van der Waals surface area contributed by atoms with Crippen molar-refractivity contribution >= 4 is 17.3 Å². The molecule has 1 rings (SSSR count). The predicted molar refractivity (Wildman–Crippen MR) is 65.5 cm³/mol. The Balaban J connectivity index is 2.84. The van der Waals surface area contributed by atoms with Gasteiger partial charge in [-0.15, -0.1) is 0 Å². The van der Waals surface area contributed by atoms with Gasteiger partial charge in [-0.1, -0.05) is 13.8 Å². The second-order valence-electron chi connectivity index (χ2n) is 3.76. The number of hydrogen-bond donors (Lipinski definition) is 2. The molecule has 0 aromatic heterocycles. The first kappa shape index (κ1) is 12.4. The summed E-state index contributed by atoms with van der Waals surface area (Å²) >= 11 is 0. The van der Waals surface area contributed by atoms with Crippen LogP contribution in [0.4, 0.5) is 11.4 Å². The van der Waals surface area contributed by atoms with Crippen molar-refractivity contribution in [3.63, 3.8) is 0 Å². The second kappa shape index (κ2) is 5.39. The van der Waals surface area contributed by atoms with Crippen molar-refractivity contribution in [2.45, 2.75) is 20.3 Å². The summed E-state index contributed by atoms with van der Waals surface area (Å²) in [5, 5.41) is 2.82. The van der Waals surface area contributed by atoms with Crippen LogP contribution in [-0.4, -0.2) is 13.0 Å². The maximum Gasteiger partial charge on any atom is 0.227 e. The van der Waals surface area contributed by atoms with Gasteiger partial charge in [0.05, 0.1) is 12.8 Å². The zero-order chi connectivity index (χ0) is 12.1. The van der Waals surface area contributed by atoms with Crippen molar-refractivity contribution in [1.29, 1.82) is 0 Å². The average Bonchev–Trinajstić information content (AvgIpc) is 2.30. The zero-order valence-corrected chi connectivity index (χ0v) is 9.91. The van der Waals surface area contributed by atoms with Crippen LogP contribution in [-0.2, 0) is 4.79 Å². The minimum Gasteiger partial charge on any atom is -0.494 e. The first-order valence-corrected chi connectivity index (χ1v) is 5.32. The fourth-order valence-corrected chi connectivity index (χ4v) is 1.25. The van der Waals surface area contributed by atoms with E-state index in [0.717, 1.165) is 6.42 Å². The van der Waals surface area contributed by atoms with E-state index in [1.807, 2.05) is 13.8 Å². The van der Waals surface area contributed by atoms with Crippen LogP contribution in [0.3, 0.4) is 0 Å². The average molecular weight is 222 g/mol. The number of nitrogen functional groups attached to an aromatic ring is 1. The van der Waals surface area contributed by atoms with Crippen LogP contribution in [0, 0.1) is 5.92 Å². The highest BCUT2D eigenvalue weighted by Gasteiger charge is 2.12. The highest BCUT2D eigenvalue weighted by molar-refractivity contribution is 5.94. The van der Waals surface area contributed by atoms with Gasteiger partial charge in [0.2, 0.25) is 5.91 Å². The number of nitrogens with one attached hydrogen (secondary N) is 1. The summed E-state index contributed by atoms with van der Waals surface area (Å²) < 4.78 is 5.15. The molecule has 0 spiro atoms. The Kier molecular flexibility index (Phi) is 4.17. The molecule has 3 N–H and O–H groups in total. The van der Waals surface area contributed by atoms with Gasteiger partial charge in [0.1, 0.15) is 5.75 Å². The van der Waals surface area contributed by atoms with Gasteiger partial charge >= 0.3 is 0 Å². The summed E-state index contributed by atoms with van der Waals surface area (Å²) in [6, 6.07) is 5.16. The maximum absolute atomic E-state index is 11.7. The number of amides is 1. The Morgan fingerprint density at radius 2 is 2.25 bits per heavy atom. The molecule has 0 saturated carbocycles. The lowest BCUT2D eigenvalue weighted by molar-refractivity contribution is -0.119. The van der Waals surface area contributed by atoms with Gasteiger partial charge in [-0.25, -0.2) is 0 Å². The van der Waals surface area contributed by atoms with E-state index in [9.17, 15) is 4.79 Å². The molecule has 0 saturated heterocycles. The van der Waals surface area contributed by atoms with E-state index in [1.54, 1.807) is 25.3 Å². The smallest absolute Gasteiger partial charge is 0.227 e. The summed E-state index contributed by atoms with van der Waals surface area (Å²) in [5.74, 6) is 0.560. The third-order valence-corrected chi connectivity index (χ3v) is 2.54. The molecule has 0 unspecified atom stereocenters. The molecule has 1 atom stereocenters. The highest BCUT2D eigenvalue weighted by atomic mass is 16.5. The number of ether oxygens (including phenoxy) is 1. The van der Waals surface area contributed by atoms with E-state index >= 15 is 0 Å². The number of anilines is 2. The van der Waals surface area contributed by atoms with Crippen LogP contribution in [0.2, 0.25) is 0 Å². The van der Waals surface area contributed by atoms with Gasteiger partial charge in [-0.05, 0) is 18.6 Å². The minimum absolute atomic E-state index is 0.00873. The molecule has 4 nitrogen and oxygen atoms in total. The Morgan fingerprint density at radius 1 is 1.56 bits per heavy atom. The SMILES string of the molecule is CC[C@@H](C)C(=O)Nc1ccc(N)cc1OC. The molecule has 0 heterocycles.